The van der Waals surface area contributed by atoms with E-state index in [1.165, 1.54) is 0 Å². The summed E-state index contributed by atoms with van der Waals surface area (Å²) < 4.78 is 10.2. The van der Waals surface area contributed by atoms with Crippen LogP contribution in [0.5, 0.6) is 11.5 Å². The molecule has 17 heavy (non-hydrogen) atoms. The van der Waals surface area contributed by atoms with Crippen LogP contribution in [0.3, 0.4) is 0 Å². The van der Waals surface area contributed by atoms with E-state index in [1.54, 1.807) is 32.4 Å². The first-order valence-corrected chi connectivity index (χ1v) is 5.82. The van der Waals surface area contributed by atoms with Crippen LogP contribution in [0, 0.1) is 0 Å². The smallest absolute Gasteiger partial charge is 0.224 e. The van der Waals surface area contributed by atoms with Crippen molar-refractivity contribution < 1.29 is 14.3 Å². The van der Waals surface area contributed by atoms with Gasteiger partial charge in [0.2, 0.25) is 5.91 Å². The number of ether oxygens (including phenoxy) is 2. The predicted octanol–water partition coefficient (Wildman–Crippen LogP) is 2.66. The van der Waals surface area contributed by atoms with Gasteiger partial charge in [0.25, 0.3) is 0 Å². The van der Waals surface area contributed by atoms with Crippen molar-refractivity contribution in [3.63, 3.8) is 0 Å². The molecule has 94 valence electrons. The van der Waals surface area contributed by atoms with E-state index in [1.807, 2.05) is 0 Å². The second kappa shape index (κ2) is 7.01. The van der Waals surface area contributed by atoms with Gasteiger partial charge in [0, 0.05) is 18.4 Å². The van der Waals surface area contributed by atoms with Crippen molar-refractivity contribution in [1.29, 1.82) is 0 Å². The van der Waals surface area contributed by atoms with Crippen molar-refractivity contribution in [2.75, 3.05) is 25.4 Å². The molecule has 0 radical (unpaired) electrons. The second-order valence-electron chi connectivity index (χ2n) is 3.41. The molecule has 0 aliphatic rings. The van der Waals surface area contributed by atoms with Crippen LogP contribution in [0.15, 0.2) is 18.2 Å². The molecule has 0 aliphatic heterocycles. The van der Waals surface area contributed by atoms with Gasteiger partial charge < -0.3 is 14.8 Å². The van der Waals surface area contributed by atoms with Crippen LogP contribution in [-0.2, 0) is 4.79 Å². The van der Waals surface area contributed by atoms with Gasteiger partial charge in [0.1, 0.15) is 11.5 Å². The maximum atomic E-state index is 11.5. The highest BCUT2D eigenvalue weighted by atomic mass is 35.5. The summed E-state index contributed by atoms with van der Waals surface area (Å²) in [5.41, 5.74) is 0.632. The Hall–Kier alpha value is -1.42. The average Bonchev–Trinajstić information content (AvgIpc) is 2.36. The van der Waals surface area contributed by atoms with Crippen molar-refractivity contribution in [3.8, 4) is 11.5 Å². The predicted molar refractivity (Wildman–Crippen MR) is 68.1 cm³/mol. The number of nitrogens with one attached hydrogen (secondary N) is 1. The lowest BCUT2D eigenvalue weighted by molar-refractivity contribution is -0.116. The first kappa shape index (κ1) is 13.6. The van der Waals surface area contributed by atoms with Gasteiger partial charge in [0.15, 0.2) is 0 Å². The monoisotopic (exact) mass is 257 g/mol. The minimum atomic E-state index is -0.0749. The maximum Gasteiger partial charge on any atom is 0.224 e. The van der Waals surface area contributed by atoms with Crippen LogP contribution in [0.2, 0.25) is 0 Å². The third-order valence-electron chi connectivity index (χ3n) is 2.22. The molecule has 0 saturated heterocycles. The number of benzene rings is 1. The van der Waals surface area contributed by atoms with Gasteiger partial charge in [-0.15, -0.1) is 11.6 Å². The Bertz CT molecular complexity index is 382. The second-order valence-corrected chi connectivity index (χ2v) is 3.78. The van der Waals surface area contributed by atoms with Crippen LogP contribution >= 0.6 is 11.6 Å². The lowest BCUT2D eigenvalue weighted by Crippen LogP contribution is -2.12. The third kappa shape index (κ3) is 4.15. The van der Waals surface area contributed by atoms with E-state index < -0.39 is 0 Å². The van der Waals surface area contributed by atoms with Crippen molar-refractivity contribution in [3.05, 3.63) is 18.2 Å². The molecular weight excluding hydrogens is 242 g/mol. The molecule has 1 aromatic rings. The molecule has 5 heteroatoms. The van der Waals surface area contributed by atoms with E-state index in [9.17, 15) is 4.79 Å². The fourth-order valence-electron chi connectivity index (χ4n) is 1.34. The molecule has 0 unspecified atom stereocenters. The lowest BCUT2D eigenvalue weighted by atomic mass is 10.2. The number of hydrogen-bond donors (Lipinski definition) is 1. The van der Waals surface area contributed by atoms with Crippen molar-refractivity contribution in [2.45, 2.75) is 12.8 Å². The molecule has 0 aromatic heterocycles. The maximum absolute atomic E-state index is 11.5. The van der Waals surface area contributed by atoms with E-state index in [0.717, 1.165) is 0 Å². The summed E-state index contributed by atoms with van der Waals surface area (Å²) in [7, 11) is 3.12. The minimum absolute atomic E-state index is 0.0749. The highest BCUT2D eigenvalue weighted by Crippen LogP contribution is 2.29. The highest BCUT2D eigenvalue weighted by molar-refractivity contribution is 6.18. The molecule has 0 fully saturated rings. The summed E-state index contributed by atoms with van der Waals surface area (Å²) >= 11 is 5.53. The average molecular weight is 258 g/mol. The molecular formula is C12H16ClNO3. The Morgan fingerprint density at radius 1 is 1.35 bits per heavy atom. The molecule has 1 aromatic carbocycles. The largest absolute Gasteiger partial charge is 0.497 e. The first-order chi connectivity index (χ1) is 8.21. The molecule has 1 amide bonds. The summed E-state index contributed by atoms with van der Waals surface area (Å²) in [4.78, 5) is 11.5. The molecule has 0 bridgehead atoms. The van der Waals surface area contributed by atoms with E-state index >= 15 is 0 Å². The van der Waals surface area contributed by atoms with Crippen molar-refractivity contribution in [1.82, 2.24) is 0 Å². The molecule has 4 nitrogen and oxygen atoms in total. The normalized spacial score (nSPS) is 9.82. The zero-order chi connectivity index (χ0) is 12.7. The number of halogens is 1. The topological polar surface area (TPSA) is 47.6 Å². The third-order valence-corrected chi connectivity index (χ3v) is 2.49. The van der Waals surface area contributed by atoms with E-state index in [-0.39, 0.29) is 5.91 Å². The van der Waals surface area contributed by atoms with Gasteiger partial charge in [-0.2, -0.15) is 0 Å². The summed E-state index contributed by atoms with van der Waals surface area (Å²) in [6.07, 6.45) is 1.06. The summed E-state index contributed by atoms with van der Waals surface area (Å²) in [6, 6.07) is 5.23. The van der Waals surface area contributed by atoms with E-state index in [2.05, 4.69) is 5.32 Å². The quantitative estimate of drug-likeness (QED) is 0.797. The highest BCUT2D eigenvalue weighted by Gasteiger charge is 2.08. The van der Waals surface area contributed by atoms with Gasteiger partial charge in [-0.25, -0.2) is 0 Å². The Morgan fingerprint density at radius 3 is 2.71 bits per heavy atom. The summed E-state index contributed by atoms with van der Waals surface area (Å²) in [5, 5.41) is 2.77. The number of carbonyl (C=O) groups is 1. The van der Waals surface area contributed by atoms with Gasteiger partial charge in [-0.3, -0.25) is 4.79 Å². The Kier molecular flexibility index (Phi) is 5.63. The summed E-state index contributed by atoms with van der Waals surface area (Å²) in [6.45, 7) is 0. The first-order valence-electron chi connectivity index (χ1n) is 5.29. The Labute approximate surface area is 106 Å². The van der Waals surface area contributed by atoms with Gasteiger partial charge >= 0.3 is 0 Å². The van der Waals surface area contributed by atoms with Crippen LogP contribution < -0.4 is 14.8 Å². The SMILES string of the molecule is COc1ccc(NC(=O)CCCCl)c(OC)c1. The Morgan fingerprint density at radius 2 is 2.12 bits per heavy atom. The van der Waals surface area contributed by atoms with E-state index in [0.29, 0.717) is 35.9 Å². The van der Waals surface area contributed by atoms with Gasteiger partial charge in [-0.1, -0.05) is 0 Å². The minimum Gasteiger partial charge on any atom is -0.497 e. The fourth-order valence-corrected chi connectivity index (χ4v) is 1.48. The fraction of sp³-hybridized carbons (Fsp3) is 0.417. The molecule has 0 aliphatic carbocycles. The van der Waals surface area contributed by atoms with Crippen LogP contribution in [-0.4, -0.2) is 26.0 Å². The number of methoxy groups -OCH3 is 2. The number of anilines is 1. The number of carbonyl (C=O) groups excluding carboxylic acids is 1. The standard InChI is InChI=1S/C12H16ClNO3/c1-16-9-5-6-10(11(8-9)17-2)14-12(15)4-3-7-13/h5-6,8H,3-4,7H2,1-2H3,(H,14,15). The number of rotatable bonds is 6. The molecule has 0 atom stereocenters. The number of alkyl halides is 1. The number of amides is 1. The van der Waals surface area contributed by atoms with Crippen molar-refractivity contribution in [2.24, 2.45) is 0 Å². The van der Waals surface area contributed by atoms with Crippen LogP contribution in [0.4, 0.5) is 5.69 Å². The van der Waals surface area contributed by atoms with Gasteiger partial charge in [0.05, 0.1) is 19.9 Å². The summed E-state index contributed by atoms with van der Waals surface area (Å²) in [5.74, 6) is 1.66. The molecule has 0 spiro atoms. The van der Waals surface area contributed by atoms with Crippen LogP contribution in [0.25, 0.3) is 0 Å². The molecule has 0 heterocycles. The molecule has 0 saturated carbocycles. The van der Waals surface area contributed by atoms with Gasteiger partial charge in [-0.05, 0) is 18.6 Å². The van der Waals surface area contributed by atoms with E-state index in [4.69, 9.17) is 21.1 Å². The zero-order valence-electron chi connectivity index (χ0n) is 9.96. The molecule has 1 rings (SSSR count). The Balaban J connectivity index is 2.73. The zero-order valence-corrected chi connectivity index (χ0v) is 10.7. The molecule has 1 N–H and O–H groups in total. The van der Waals surface area contributed by atoms with Crippen LogP contribution in [0.1, 0.15) is 12.8 Å². The number of hydrogen-bond acceptors (Lipinski definition) is 3. The van der Waals surface area contributed by atoms with Crippen molar-refractivity contribution >= 4 is 23.2 Å². The lowest BCUT2D eigenvalue weighted by Gasteiger charge is -2.11.